The molecule has 0 unspecified atom stereocenters. The predicted octanol–water partition coefficient (Wildman–Crippen LogP) is 3.03. The van der Waals surface area contributed by atoms with Crippen molar-refractivity contribution in [3.8, 4) is 22.6 Å². The van der Waals surface area contributed by atoms with E-state index in [-0.39, 0.29) is 11.6 Å². The quantitative estimate of drug-likeness (QED) is 0.215. The molecule has 0 spiro atoms. The third-order valence-corrected chi connectivity index (χ3v) is 4.91. The van der Waals surface area contributed by atoms with Gasteiger partial charge in [0.05, 0.1) is 21.9 Å². The van der Waals surface area contributed by atoms with Crippen LogP contribution >= 0.6 is 0 Å². The van der Waals surface area contributed by atoms with Crippen molar-refractivity contribution >= 4 is 23.5 Å². The maximum atomic E-state index is 12.9. The number of hydrogen-bond acceptors (Lipinski definition) is 8. The molecule has 198 valence electrons. The summed E-state index contributed by atoms with van der Waals surface area (Å²) in [5.41, 5.74) is 2.76. The summed E-state index contributed by atoms with van der Waals surface area (Å²) in [4.78, 5) is 53.8. The molecule has 0 bridgehead atoms. The number of benzene rings is 2. The van der Waals surface area contributed by atoms with Crippen molar-refractivity contribution in [2.45, 2.75) is 6.92 Å². The molecule has 2 aromatic carbocycles. The molecule has 1 aromatic heterocycles. The minimum Gasteiger partial charge on any atom is -0.478 e. The Bertz CT molecular complexity index is 1310. The van der Waals surface area contributed by atoms with Crippen LogP contribution in [-0.4, -0.2) is 75.0 Å². The molecule has 12 nitrogen and oxygen atoms in total. The van der Waals surface area contributed by atoms with Crippen LogP contribution in [0.15, 0.2) is 66.7 Å². The lowest BCUT2D eigenvalue weighted by Gasteiger charge is -2.15. The number of nitro groups is 1. The minimum atomic E-state index is -1.26. The first-order valence-corrected chi connectivity index (χ1v) is 11.2. The molecular formula is C26H27N5O7. The zero-order chi connectivity index (χ0) is 28.2. The van der Waals surface area contributed by atoms with E-state index >= 15 is 0 Å². The first-order valence-electron chi connectivity index (χ1n) is 11.2. The van der Waals surface area contributed by atoms with Crippen molar-refractivity contribution < 1.29 is 29.5 Å². The molecule has 1 heterocycles. The monoisotopic (exact) mass is 521 g/mol. The second-order valence-electron chi connectivity index (χ2n) is 8.10. The van der Waals surface area contributed by atoms with E-state index in [4.69, 9.17) is 10.2 Å². The zero-order valence-corrected chi connectivity index (χ0v) is 21.0. The number of carboxylic acid groups (broad SMARTS) is 2. The maximum Gasteiger partial charge on any atom is 0.328 e. The number of non-ortho nitro benzene ring substituents is 1. The lowest BCUT2D eigenvalue weighted by molar-refractivity contribution is -0.384. The van der Waals surface area contributed by atoms with Crippen molar-refractivity contribution in [1.29, 1.82) is 0 Å². The standard InChI is InChI=1S/C22H23N5O3.C4H4O4/c1-15-19(22(28)23-13-14-26(2)3)20(16-9-11-18(12-10-16)27(29)30)25-21(24-15)17-7-5-4-6-8-17;5-3(6)1-2-4(7)8/h4-12H,13-14H2,1-3H3,(H,23,28);1-2H,(H,5,6)(H,7,8)/b;2-1+. The van der Waals surface area contributed by atoms with Gasteiger partial charge in [-0.15, -0.1) is 0 Å². The average molecular weight is 522 g/mol. The number of nitrogens with zero attached hydrogens (tertiary/aromatic N) is 4. The van der Waals surface area contributed by atoms with Crippen LogP contribution in [0.3, 0.4) is 0 Å². The molecular weight excluding hydrogens is 494 g/mol. The molecule has 0 aliphatic carbocycles. The summed E-state index contributed by atoms with van der Waals surface area (Å²) in [6.45, 7) is 2.94. The highest BCUT2D eigenvalue weighted by atomic mass is 16.6. The van der Waals surface area contributed by atoms with Crippen LogP contribution in [0.1, 0.15) is 16.1 Å². The van der Waals surface area contributed by atoms with E-state index in [2.05, 4.69) is 15.3 Å². The van der Waals surface area contributed by atoms with Crippen molar-refractivity contribution in [2.75, 3.05) is 27.2 Å². The van der Waals surface area contributed by atoms with E-state index in [0.29, 0.717) is 53.6 Å². The molecule has 3 rings (SSSR count). The Morgan fingerprint density at radius 3 is 2.03 bits per heavy atom. The van der Waals surface area contributed by atoms with Crippen LogP contribution in [0, 0.1) is 17.0 Å². The van der Waals surface area contributed by atoms with Gasteiger partial charge >= 0.3 is 11.9 Å². The number of carbonyl (C=O) groups excluding carboxylic acids is 1. The summed E-state index contributed by atoms with van der Waals surface area (Å²) in [6, 6.07) is 15.5. The lowest BCUT2D eigenvalue weighted by Crippen LogP contribution is -2.32. The maximum absolute atomic E-state index is 12.9. The summed E-state index contributed by atoms with van der Waals surface area (Å²) >= 11 is 0. The smallest absolute Gasteiger partial charge is 0.328 e. The van der Waals surface area contributed by atoms with Gasteiger partial charge in [-0.3, -0.25) is 14.9 Å². The highest BCUT2D eigenvalue weighted by Gasteiger charge is 2.21. The third kappa shape index (κ3) is 8.91. The zero-order valence-electron chi connectivity index (χ0n) is 21.0. The fourth-order valence-electron chi connectivity index (χ4n) is 3.13. The van der Waals surface area contributed by atoms with E-state index in [1.165, 1.54) is 12.1 Å². The molecule has 3 aromatic rings. The van der Waals surface area contributed by atoms with Crippen LogP contribution in [-0.2, 0) is 9.59 Å². The Balaban J connectivity index is 0.000000550. The van der Waals surface area contributed by atoms with Gasteiger partial charge in [0, 0.05) is 48.5 Å². The van der Waals surface area contributed by atoms with E-state index < -0.39 is 16.9 Å². The Morgan fingerprint density at radius 2 is 1.53 bits per heavy atom. The predicted molar refractivity (Wildman–Crippen MR) is 140 cm³/mol. The van der Waals surface area contributed by atoms with Crippen molar-refractivity contribution in [1.82, 2.24) is 20.2 Å². The number of hydrogen-bond donors (Lipinski definition) is 3. The van der Waals surface area contributed by atoms with Crippen LogP contribution in [0.5, 0.6) is 0 Å². The number of likely N-dealkylation sites (N-methyl/N-ethyl adjacent to an activating group) is 1. The second-order valence-corrected chi connectivity index (χ2v) is 8.10. The van der Waals surface area contributed by atoms with E-state index in [1.54, 1.807) is 19.1 Å². The Hall–Kier alpha value is -4.97. The highest BCUT2D eigenvalue weighted by molar-refractivity contribution is 6.01. The number of carbonyl (C=O) groups is 3. The topological polar surface area (TPSA) is 176 Å². The number of nitrogens with one attached hydrogen (secondary N) is 1. The summed E-state index contributed by atoms with van der Waals surface area (Å²) in [6.07, 6.45) is 1.12. The number of aliphatic carboxylic acids is 2. The van der Waals surface area contributed by atoms with Crippen molar-refractivity contribution in [3.05, 3.63) is 88.1 Å². The summed E-state index contributed by atoms with van der Waals surface area (Å²) in [7, 11) is 3.86. The molecule has 38 heavy (non-hydrogen) atoms. The van der Waals surface area contributed by atoms with E-state index in [0.717, 1.165) is 5.56 Å². The number of aryl methyl sites for hydroxylation is 1. The van der Waals surface area contributed by atoms with Crippen molar-refractivity contribution in [2.24, 2.45) is 0 Å². The first kappa shape index (κ1) is 29.3. The number of rotatable bonds is 9. The molecule has 0 aliphatic rings. The Labute approximate surface area is 218 Å². The van der Waals surface area contributed by atoms with Gasteiger partial charge in [-0.25, -0.2) is 19.6 Å². The summed E-state index contributed by atoms with van der Waals surface area (Å²) in [5.74, 6) is -2.30. The molecule has 0 saturated heterocycles. The van der Waals surface area contributed by atoms with E-state index in [1.807, 2.05) is 49.3 Å². The Morgan fingerprint density at radius 1 is 0.947 bits per heavy atom. The molecule has 0 radical (unpaired) electrons. The van der Waals surface area contributed by atoms with Crippen LogP contribution in [0.2, 0.25) is 0 Å². The fraction of sp³-hybridized carbons (Fsp3) is 0.192. The van der Waals surface area contributed by atoms with Gasteiger partial charge < -0.3 is 20.4 Å². The first-order chi connectivity index (χ1) is 18.0. The lowest BCUT2D eigenvalue weighted by atomic mass is 10.0. The second kappa shape index (κ2) is 13.9. The number of nitro benzene ring substituents is 1. The molecule has 0 saturated carbocycles. The van der Waals surface area contributed by atoms with Gasteiger partial charge in [-0.05, 0) is 33.2 Å². The Kier molecular flexibility index (Phi) is 10.7. The number of carboxylic acids is 2. The fourth-order valence-corrected chi connectivity index (χ4v) is 3.13. The average Bonchev–Trinajstić information content (AvgIpc) is 2.87. The van der Waals surface area contributed by atoms with Gasteiger partial charge in [-0.1, -0.05) is 30.3 Å². The number of aromatic nitrogens is 2. The van der Waals surface area contributed by atoms with Gasteiger partial charge in [0.25, 0.3) is 11.6 Å². The van der Waals surface area contributed by atoms with E-state index in [9.17, 15) is 24.5 Å². The SMILES string of the molecule is Cc1nc(-c2ccccc2)nc(-c2ccc([N+](=O)[O-])cc2)c1C(=O)NCCN(C)C.O=C(O)/C=C/C(=O)O. The molecule has 0 atom stereocenters. The van der Waals surface area contributed by atoms with Crippen LogP contribution in [0.25, 0.3) is 22.6 Å². The van der Waals surface area contributed by atoms with Gasteiger partial charge in [-0.2, -0.15) is 0 Å². The minimum absolute atomic E-state index is 0.0233. The highest BCUT2D eigenvalue weighted by Crippen LogP contribution is 2.28. The largest absolute Gasteiger partial charge is 0.478 e. The van der Waals surface area contributed by atoms with Crippen molar-refractivity contribution in [3.63, 3.8) is 0 Å². The third-order valence-electron chi connectivity index (χ3n) is 4.91. The molecule has 0 aliphatic heterocycles. The van der Waals surface area contributed by atoms with Gasteiger partial charge in [0.15, 0.2) is 5.82 Å². The summed E-state index contributed by atoms with van der Waals surface area (Å²) in [5, 5.41) is 29.5. The van der Waals surface area contributed by atoms with Gasteiger partial charge in [0.2, 0.25) is 0 Å². The molecule has 0 fully saturated rings. The molecule has 1 amide bonds. The summed E-state index contributed by atoms with van der Waals surface area (Å²) < 4.78 is 0. The van der Waals surface area contributed by atoms with Gasteiger partial charge in [0.1, 0.15) is 0 Å². The van der Waals surface area contributed by atoms with Crippen LogP contribution in [0.4, 0.5) is 5.69 Å². The number of amides is 1. The molecule has 3 N–H and O–H groups in total. The normalized spacial score (nSPS) is 10.5. The van der Waals surface area contributed by atoms with Crippen LogP contribution < -0.4 is 5.32 Å². The molecule has 12 heteroatoms.